The van der Waals surface area contributed by atoms with Gasteiger partial charge >= 0.3 is 5.97 Å². The molecule has 8 nitrogen and oxygen atoms in total. The molecule has 5 rings (SSSR count). The lowest BCUT2D eigenvalue weighted by atomic mass is 9.46. The molecule has 244 valence electrons. The number of carboxylic acid groups (broad SMARTS) is 1. The number of aliphatic hydroxyl groups excluding tert-OH is 4. The molecule has 15 atom stereocenters. The quantitative estimate of drug-likeness (QED) is 0.252. The third kappa shape index (κ3) is 5.56. The van der Waals surface area contributed by atoms with Gasteiger partial charge in [-0.2, -0.15) is 0 Å². The first-order valence-corrected chi connectivity index (χ1v) is 16.7. The minimum atomic E-state index is -1.40. The highest BCUT2D eigenvalue weighted by Gasteiger charge is 2.62. The van der Waals surface area contributed by atoms with Crippen molar-refractivity contribution in [3.8, 4) is 0 Å². The first-order chi connectivity index (χ1) is 20.1. The van der Waals surface area contributed by atoms with E-state index in [2.05, 4.69) is 47.3 Å². The predicted octanol–water partition coefficient (Wildman–Crippen LogP) is 4.69. The van der Waals surface area contributed by atoms with E-state index < -0.39 is 48.9 Å². The van der Waals surface area contributed by atoms with Crippen LogP contribution in [0.2, 0.25) is 0 Å². The maximum Gasteiger partial charge on any atom is 0.306 e. The van der Waals surface area contributed by atoms with Crippen LogP contribution in [0.3, 0.4) is 0 Å². The molecule has 0 radical (unpaired) electrons. The van der Waals surface area contributed by atoms with Gasteiger partial charge in [-0.05, 0) is 105 Å². The maximum atomic E-state index is 12.6. The lowest BCUT2D eigenvalue weighted by Crippen LogP contribution is -2.61. The molecule has 43 heavy (non-hydrogen) atoms. The summed E-state index contributed by atoms with van der Waals surface area (Å²) in [6.07, 6.45) is 2.10. The van der Waals surface area contributed by atoms with E-state index in [0.717, 1.165) is 44.1 Å². The summed E-state index contributed by atoms with van der Waals surface area (Å²) in [7, 11) is 0. The molecule has 5 aliphatic rings. The Kier molecular flexibility index (Phi) is 9.34. The van der Waals surface area contributed by atoms with Crippen LogP contribution in [0.25, 0.3) is 0 Å². The van der Waals surface area contributed by atoms with Crippen LogP contribution in [0, 0.1) is 52.3 Å². The molecule has 15 unspecified atom stereocenters. The third-order valence-corrected chi connectivity index (χ3v) is 13.1. The lowest BCUT2D eigenvalue weighted by Gasteiger charge is -2.60. The number of aliphatic hydroxyl groups is 4. The van der Waals surface area contributed by atoms with Crippen LogP contribution < -0.4 is 0 Å². The largest absolute Gasteiger partial charge is 0.481 e. The summed E-state index contributed by atoms with van der Waals surface area (Å²) in [5, 5.41) is 52.8. The molecule has 8 heteroatoms. The molecule has 4 fully saturated rings. The van der Waals surface area contributed by atoms with Gasteiger partial charge in [0.05, 0.1) is 24.2 Å². The Morgan fingerprint density at radius 2 is 1.72 bits per heavy atom. The van der Waals surface area contributed by atoms with Crippen LogP contribution in [0.15, 0.2) is 23.8 Å². The van der Waals surface area contributed by atoms with Crippen molar-refractivity contribution in [2.75, 3.05) is 0 Å². The zero-order chi connectivity index (χ0) is 31.6. The summed E-state index contributed by atoms with van der Waals surface area (Å²) in [5.74, 6) is 0.422. The first kappa shape index (κ1) is 33.1. The summed E-state index contributed by atoms with van der Waals surface area (Å²) >= 11 is 0. The Morgan fingerprint density at radius 3 is 2.37 bits per heavy atom. The van der Waals surface area contributed by atoms with Crippen molar-refractivity contribution in [3.05, 3.63) is 23.8 Å². The molecule has 4 aliphatic carbocycles. The van der Waals surface area contributed by atoms with Gasteiger partial charge < -0.3 is 35.0 Å². The number of hydrogen-bond donors (Lipinski definition) is 5. The van der Waals surface area contributed by atoms with E-state index >= 15 is 0 Å². The van der Waals surface area contributed by atoms with Gasteiger partial charge in [-0.25, -0.2) is 0 Å². The van der Waals surface area contributed by atoms with Crippen LogP contribution in [0.5, 0.6) is 0 Å². The van der Waals surface area contributed by atoms with Gasteiger partial charge in [0.2, 0.25) is 0 Å². The normalized spacial score (nSPS) is 48.6. The highest BCUT2D eigenvalue weighted by Crippen LogP contribution is 2.67. The molecule has 1 aliphatic heterocycles. The van der Waals surface area contributed by atoms with E-state index in [1.807, 2.05) is 0 Å². The van der Waals surface area contributed by atoms with Crippen molar-refractivity contribution < 1.29 is 39.8 Å². The van der Waals surface area contributed by atoms with E-state index in [1.165, 1.54) is 5.57 Å². The number of aliphatic carboxylic acids is 1. The molecular weight excluding hydrogens is 548 g/mol. The minimum absolute atomic E-state index is 0.0169. The monoisotopic (exact) mass is 604 g/mol. The van der Waals surface area contributed by atoms with Crippen LogP contribution in [-0.2, 0) is 14.3 Å². The molecule has 0 aromatic rings. The summed E-state index contributed by atoms with van der Waals surface area (Å²) in [6.45, 7) is 16.9. The van der Waals surface area contributed by atoms with Crippen molar-refractivity contribution in [1.29, 1.82) is 0 Å². The summed E-state index contributed by atoms with van der Waals surface area (Å²) in [4.78, 5) is 12.6. The SMILES string of the molecule is C=C(CCC(C(=O)O)C1CCC2C3=CCC4C(C)C(OC5OC(C)C(O)C(O)C5O)C(O)CC4(C)C3CCC21C)C(C)C. The smallest absolute Gasteiger partial charge is 0.306 e. The van der Waals surface area contributed by atoms with Gasteiger partial charge in [0.25, 0.3) is 0 Å². The van der Waals surface area contributed by atoms with Gasteiger partial charge in [-0.15, -0.1) is 0 Å². The highest BCUT2D eigenvalue weighted by molar-refractivity contribution is 5.70. The number of hydrogen-bond acceptors (Lipinski definition) is 7. The number of carbonyl (C=O) groups is 1. The second-order valence-electron chi connectivity index (χ2n) is 15.6. The number of fused-ring (bicyclic) bond motifs is 5. The van der Waals surface area contributed by atoms with Gasteiger partial charge in [0.15, 0.2) is 6.29 Å². The van der Waals surface area contributed by atoms with Crippen LogP contribution in [0.1, 0.15) is 92.9 Å². The third-order valence-electron chi connectivity index (χ3n) is 13.1. The molecule has 1 heterocycles. The van der Waals surface area contributed by atoms with E-state index in [0.29, 0.717) is 30.6 Å². The number of ether oxygens (including phenoxy) is 2. The number of rotatable bonds is 8. The van der Waals surface area contributed by atoms with Gasteiger partial charge in [-0.3, -0.25) is 4.79 Å². The average molecular weight is 605 g/mol. The number of carboxylic acids is 1. The number of allylic oxidation sites excluding steroid dienone is 3. The fourth-order valence-electron chi connectivity index (χ4n) is 10.4. The Labute approximate surface area is 257 Å². The van der Waals surface area contributed by atoms with Crippen LogP contribution >= 0.6 is 0 Å². The predicted molar refractivity (Wildman–Crippen MR) is 163 cm³/mol. The zero-order valence-electron chi connectivity index (χ0n) is 27.0. The van der Waals surface area contributed by atoms with Crippen molar-refractivity contribution in [2.45, 2.75) is 136 Å². The van der Waals surface area contributed by atoms with Gasteiger partial charge in [0, 0.05) is 0 Å². The molecule has 0 spiro atoms. The van der Waals surface area contributed by atoms with Crippen molar-refractivity contribution >= 4 is 5.97 Å². The maximum absolute atomic E-state index is 12.6. The average Bonchev–Trinajstić information content (AvgIpc) is 3.29. The second-order valence-corrected chi connectivity index (χ2v) is 15.6. The Morgan fingerprint density at radius 1 is 1.05 bits per heavy atom. The van der Waals surface area contributed by atoms with E-state index in [1.54, 1.807) is 6.92 Å². The van der Waals surface area contributed by atoms with Gasteiger partial charge in [0.1, 0.15) is 18.3 Å². The van der Waals surface area contributed by atoms with Crippen LogP contribution in [0.4, 0.5) is 0 Å². The molecule has 1 saturated heterocycles. The summed E-state index contributed by atoms with van der Waals surface area (Å²) in [6, 6.07) is 0. The lowest BCUT2D eigenvalue weighted by molar-refractivity contribution is -0.323. The zero-order valence-corrected chi connectivity index (χ0v) is 27.0. The molecule has 5 N–H and O–H groups in total. The van der Waals surface area contributed by atoms with Gasteiger partial charge in [-0.1, -0.05) is 58.4 Å². The van der Waals surface area contributed by atoms with E-state index in [-0.39, 0.29) is 34.5 Å². The molecule has 0 amide bonds. The van der Waals surface area contributed by atoms with E-state index in [9.17, 15) is 30.3 Å². The standard InChI is InChI=1S/C35H56O8/c1-17(2)18(3)8-9-22(32(40)41)25-13-12-24-21-10-11-23-19(4)31(43-33-30(39)29(38)28(37)20(5)42-33)27(36)16-35(23,7)26(21)14-15-34(24,25)6/h10,17,19-20,22-31,33,36-39H,3,8-9,11-16H2,1-2,4-7H3,(H,40,41). The van der Waals surface area contributed by atoms with Crippen molar-refractivity contribution in [1.82, 2.24) is 0 Å². The Hall–Kier alpha value is -1.29. The minimum Gasteiger partial charge on any atom is -0.481 e. The van der Waals surface area contributed by atoms with Crippen molar-refractivity contribution in [3.63, 3.8) is 0 Å². The molecular formula is C35H56O8. The molecule has 0 bridgehead atoms. The Bertz CT molecular complexity index is 1090. The Balaban J connectivity index is 1.34. The fraction of sp³-hybridized carbons (Fsp3) is 0.857. The first-order valence-electron chi connectivity index (χ1n) is 16.7. The highest BCUT2D eigenvalue weighted by atomic mass is 16.7. The molecule has 0 aromatic carbocycles. The molecule has 3 saturated carbocycles. The van der Waals surface area contributed by atoms with Crippen molar-refractivity contribution in [2.24, 2.45) is 52.3 Å². The summed E-state index contributed by atoms with van der Waals surface area (Å²) in [5.41, 5.74) is 2.44. The fourth-order valence-corrected chi connectivity index (χ4v) is 10.4. The summed E-state index contributed by atoms with van der Waals surface area (Å²) < 4.78 is 11.9. The molecule has 0 aromatic heterocycles. The van der Waals surface area contributed by atoms with Crippen LogP contribution in [-0.4, -0.2) is 74.4 Å². The topological polar surface area (TPSA) is 137 Å². The second kappa shape index (κ2) is 12.1. The van der Waals surface area contributed by atoms with E-state index in [4.69, 9.17) is 9.47 Å².